The van der Waals surface area contributed by atoms with E-state index in [2.05, 4.69) is 58.9 Å². The normalized spacial score (nSPS) is 35.9. The molecule has 8 aliphatic rings. The fourth-order valence-electron chi connectivity index (χ4n) is 16.3. The average Bonchev–Trinajstić information content (AvgIpc) is 3.83. The van der Waals surface area contributed by atoms with E-state index in [1.165, 1.54) is 32.8 Å². The van der Waals surface area contributed by atoms with E-state index in [4.69, 9.17) is 10.5 Å². The molecule has 14 atom stereocenters. The van der Waals surface area contributed by atoms with Gasteiger partial charge in [-0.3, -0.25) is 9.59 Å². The number of dihydropyridines is 1. The number of ether oxygens (including phenoxy) is 1. The molecule has 0 bridgehead atoms. The highest BCUT2D eigenvalue weighted by atomic mass is 16.5. The van der Waals surface area contributed by atoms with Gasteiger partial charge in [0.1, 0.15) is 11.2 Å². The number of aromatic hydroxyl groups is 1. The average molecular weight is 922 g/mol. The Balaban J connectivity index is 0.868. The van der Waals surface area contributed by atoms with E-state index in [-0.39, 0.29) is 53.1 Å². The molecule has 11 rings (SSSR count). The summed E-state index contributed by atoms with van der Waals surface area (Å²) in [5.41, 5.74) is 9.08. The summed E-state index contributed by atoms with van der Waals surface area (Å²) in [6.07, 6.45) is 13.5. The molecule has 2 aliphatic heterocycles. The summed E-state index contributed by atoms with van der Waals surface area (Å²) in [5.74, 6) is 10.2. The van der Waals surface area contributed by atoms with Crippen molar-refractivity contribution in [2.24, 2.45) is 58.0 Å². The molecule has 8 N–H and O–H groups in total. The second kappa shape index (κ2) is 18.3. The first-order valence-corrected chi connectivity index (χ1v) is 26.1. The van der Waals surface area contributed by atoms with Crippen LogP contribution >= 0.6 is 0 Å². The number of carbonyl (C=O) groups excluding carboxylic acids is 2. The Kier molecular flexibility index (Phi) is 12.3. The van der Waals surface area contributed by atoms with Crippen molar-refractivity contribution >= 4 is 22.3 Å². The Morgan fingerprint density at radius 1 is 0.926 bits per heavy atom. The first-order valence-electron chi connectivity index (χ1n) is 26.1. The summed E-state index contributed by atoms with van der Waals surface area (Å²) in [7, 11) is 1.53. The van der Waals surface area contributed by atoms with Gasteiger partial charge in [-0.05, 0) is 175 Å². The van der Waals surface area contributed by atoms with E-state index in [0.717, 1.165) is 52.4 Å². The quantitative estimate of drug-likeness (QED) is 0.105. The highest BCUT2D eigenvalue weighted by molar-refractivity contribution is 5.89. The third-order valence-electron chi connectivity index (χ3n) is 19.3. The molecule has 68 heavy (non-hydrogen) atoms. The molecule has 0 radical (unpaired) electrons. The van der Waals surface area contributed by atoms with Gasteiger partial charge in [0.05, 0.1) is 31.2 Å². The Morgan fingerprint density at radius 3 is 2.54 bits per heavy atom. The predicted octanol–water partition coefficient (Wildman–Crippen LogP) is 7.71. The number of phenols is 1. The van der Waals surface area contributed by atoms with E-state index in [1.54, 1.807) is 6.07 Å². The summed E-state index contributed by atoms with van der Waals surface area (Å²) >= 11 is 0. The smallest absolute Gasteiger partial charge is 0.160 e. The van der Waals surface area contributed by atoms with Crippen LogP contribution < -0.4 is 21.1 Å². The number of carbonyl (C=O) groups is 2. The summed E-state index contributed by atoms with van der Waals surface area (Å²) in [5, 5.41) is 57.1. The monoisotopic (exact) mass is 922 g/mol. The van der Waals surface area contributed by atoms with Gasteiger partial charge < -0.3 is 41.5 Å². The highest BCUT2D eigenvalue weighted by Gasteiger charge is 2.65. The van der Waals surface area contributed by atoms with Gasteiger partial charge in [-0.1, -0.05) is 73.2 Å². The Bertz CT molecular complexity index is 2570. The molecule has 10 nitrogen and oxygen atoms in total. The third kappa shape index (κ3) is 7.98. The second-order valence-corrected chi connectivity index (χ2v) is 22.5. The minimum atomic E-state index is -1.22. The number of fused-ring (bicyclic) bond motifs is 3. The molecule has 1 saturated heterocycles. The molecule has 5 saturated carbocycles. The number of phenolic OH excluding ortho intramolecular Hbond substituents is 1. The van der Waals surface area contributed by atoms with E-state index >= 15 is 0 Å². The van der Waals surface area contributed by atoms with Gasteiger partial charge in [-0.2, -0.15) is 0 Å². The lowest BCUT2D eigenvalue weighted by atomic mass is 9.41. The molecule has 3 aromatic carbocycles. The SMILES string of the molecule is COc1cc2c(cc1O)C(CCC(O)CC(C1=CCNC(N)=C1)c1ccc3ccccc3c1)C#CC1(CCC(C3CC4C(O)CC5CC(=O)CC6NCC(C4C56)C34CCCC4)CC1O)C(=O)CC2. The topological polar surface area (TPSA) is 174 Å². The lowest BCUT2D eigenvalue weighted by Crippen LogP contribution is -2.68. The zero-order valence-corrected chi connectivity index (χ0v) is 39.7. The summed E-state index contributed by atoms with van der Waals surface area (Å²) < 4.78 is 5.57. The van der Waals surface area contributed by atoms with Gasteiger partial charge in [-0.15, -0.1) is 0 Å². The van der Waals surface area contributed by atoms with Crippen molar-refractivity contribution in [1.82, 2.24) is 10.6 Å². The minimum Gasteiger partial charge on any atom is -0.504 e. The van der Waals surface area contributed by atoms with Gasteiger partial charge in [0, 0.05) is 43.7 Å². The lowest BCUT2D eigenvalue weighted by molar-refractivity contribution is -0.189. The molecule has 6 aliphatic carbocycles. The number of ketones is 2. The number of aryl methyl sites for hydroxylation is 1. The molecule has 0 amide bonds. The molecular weight excluding hydrogens is 851 g/mol. The van der Waals surface area contributed by atoms with Crippen LogP contribution in [0.25, 0.3) is 10.8 Å². The number of hydrogen-bond donors (Lipinski definition) is 7. The van der Waals surface area contributed by atoms with E-state index in [9.17, 15) is 30.0 Å². The summed E-state index contributed by atoms with van der Waals surface area (Å²) in [6, 6.07) is 18.6. The van der Waals surface area contributed by atoms with Crippen molar-refractivity contribution in [2.45, 2.75) is 139 Å². The minimum absolute atomic E-state index is 0.00727. The summed E-state index contributed by atoms with van der Waals surface area (Å²) in [4.78, 5) is 27.6. The van der Waals surface area contributed by atoms with Crippen LogP contribution in [0.2, 0.25) is 0 Å². The maximum atomic E-state index is 14.8. The van der Waals surface area contributed by atoms with Crippen LogP contribution in [0.4, 0.5) is 0 Å². The van der Waals surface area contributed by atoms with E-state index in [1.807, 2.05) is 24.3 Å². The van der Waals surface area contributed by atoms with Crippen molar-refractivity contribution in [2.75, 3.05) is 20.2 Å². The zero-order chi connectivity index (χ0) is 46.9. The molecule has 2 heterocycles. The van der Waals surface area contributed by atoms with Crippen LogP contribution in [-0.2, 0) is 16.0 Å². The Labute approximate surface area is 401 Å². The van der Waals surface area contributed by atoms with Crippen molar-refractivity contribution < 1.29 is 34.8 Å². The Hall–Kier alpha value is -4.66. The molecule has 2 spiro atoms. The van der Waals surface area contributed by atoms with Crippen molar-refractivity contribution in [3.63, 3.8) is 0 Å². The number of Topliss-reactive ketones (excluding diaryl/α,β-unsaturated/α-hetero) is 2. The van der Waals surface area contributed by atoms with Crippen LogP contribution in [0, 0.1) is 64.1 Å². The molecule has 0 aromatic heterocycles. The third-order valence-corrected chi connectivity index (χ3v) is 19.3. The second-order valence-electron chi connectivity index (χ2n) is 22.5. The fourth-order valence-corrected chi connectivity index (χ4v) is 16.3. The van der Waals surface area contributed by atoms with Gasteiger partial charge in [0.15, 0.2) is 17.3 Å². The van der Waals surface area contributed by atoms with E-state index < -0.39 is 29.6 Å². The van der Waals surface area contributed by atoms with Crippen molar-refractivity contribution in [3.05, 3.63) is 94.8 Å². The van der Waals surface area contributed by atoms with Gasteiger partial charge >= 0.3 is 0 Å². The maximum absolute atomic E-state index is 14.8. The first-order chi connectivity index (χ1) is 32.9. The predicted molar refractivity (Wildman–Crippen MR) is 262 cm³/mol. The van der Waals surface area contributed by atoms with Crippen LogP contribution in [0.15, 0.2) is 78.1 Å². The fraction of sp³-hybridized carbons (Fsp3) is 0.586. The van der Waals surface area contributed by atoms with Crippen molar-refractivity contribution in [3.8, 4) is 23.3 Å². The molecule has 14 unspecified atom stereocenters. The van der Waals surface area contributed by atoms with E-state index in [0.29, 0.717) is 105 Å². The number of nitrogens with one attached hydrogen (secondary N) is 2. The van der Waals surface area contributed by atoms with Crippen LogP contribution in [0.5, 0.6) is 11.5 Å². The standard InChI is InChI=1S/C58H71N3O7/c1-68-51-25-37-11-13-52(66)58(20-15-39(26-53(58)67)46-30-45-49(64)24-40-23-42(63)29-48-55(40)56(45)47(32-61-48)57(46)17-4-5-18-57)19-14-34(44(37)31-50(51)65)10-12-41(62)28-43(38-16-21-60-54(59)27-38)36-9-8-33-6-2-3-7-35(33)22-36/h2-3,6-9,16,22,25,27,31,34,39-41,43,45-49,53,55-56,60-62,64-65,67H,4-5,10-13,15,17-18,20-21,23-24,26,28-30,32,59H2,1H3. The van der Waals surface area contributed by atoms with Crippen LogP contribution in [0.1, 0.15) is 125 Å². The van der Waals surface area contributed by atoms with Gasteiger partial charge in [0.25, 0.3) is 0 Å². The molecule has 10 heteroatoms. The number of allylic oxidation sites excluding steroid dienone is 2. The molecule has 360 valence electrons. The largest absolute Gasteiger partial charge is 0.504 e. The number of methoxy groups -OCH3 is 1. The first kappa shape index (κ1) is 45.8. The van der Waals surface area contributed by atoms with Gasteiger partial charge in [-0.25, -0.2) is 0 Å². The lowest BCUT2D eigenvalue weighted by Gasteiger charge is -2.66. The molecular formula is C58H71N3O7. The number of nitrogens with two attached hydrogens (primary N) is 1. The number of aliphatic hydroxyl groups is 3. The maximum Gasteiger partial charge on any atom is 0.160 e. The van der Waals surface area contributed by atoms with Crippen molar-refractivity contribution in [1.29, 1.82) is 0 Å². The Morgan fingerprint density at radius 2 is 1.75 bits per heavy atom. The number of aliphatic hydroxyl groups excluding tert-OH is 3. The molecule has 3 aromatic rings. The van der Waals surface area contributed by atoms with Crippen LogP contribution in [-0.4, -0.2) is 76.5 Å². The number of piperidine rings is 1. The van der Waals surface area contributed by atoms with Gasteiger partial charge in [0.2, 0.25) is 0 Å². The molecule has 6 fully saturated rings. The number of benzene rings is 3. The zero-order valence-electron chi connectivity index (χ0n) is 39.7. The van der Waals surface area contributed by atoms with Crippen LogP contribution in [0.3, 0.4) is 0 Å². The summed E-state index contributed by atoms with van der Waals surface area (Å²) in [6.45, 7) is 1.51. The highest BCUT2D eigenvalue weighted by Crippen LogP contribution is 2.68. The number of rotatable bonds is 9. The number of hydrogen-bond acceptors (Lipinski definition) is 10.